The summed E-state index contributed by atoms with van der Waals surface area (Å²) in [6.45, 7) is 0. The summed E-state index contributed by atoms with van der Waals surface area (Å²) in [5.74, 6) is 0. The molecule has 0 amide bonds. The molecule has 7 heteroatoms. The Balaban J connectivity index is 0.000000217. The van der Waals surface area contributed by atoms with Crippen molar-refractivity contribution in [3.05, 3.63) is 24.8 Å². The summed E-state index contributed by atoms with van der Waals surface area (Å²) in [6, 6.07) is 0. The maximum atomic E-state index is 10.1. The van der Waals surface area contributed by atoms with Crippen molar-refractivity contribution in [1.82, 2.24) is 4.98 Å². The van der Waals surface area contributed by atoms with Gasteiger partial charge in [-0.15, -0.1) is 3.89 Å². The van der Waals surface area contributed by atoms with Gasteiger partial charge in [0.25, 0.3) is 10.5 Å². The molecule has 0 bridgehead atoms. The van der Waals surface area contributed by atoms with E-state index in [9.17, 15) is 3.89 Å². The standard InChI is InChI=1S/C5H7N2.FHO3S/c1-7-4-2-6-3-5-7;1-5(2,3)4/h2-5H,1H3;(H,2,3,4)/q+1;/p-1. The molecule has 0 atom stereocenters. The van der Waals surface area contributed by atoms with Crippen LogP contribution in [0.25, 0.3) is 0 Å². The fourth-order valence-corrected chi connectivity index (χ4v) is 0.387. The molecular formula is C5H7FN2O3S. The van der Waals surface area contributed by atoms with E-state index >= 15 is 0 Å². The van der Waals surface area contributed by atoms with E-state index in [1.165, 1.54) is 0 Å². The molecule has 12 heavy (non-hydrogen) atoms. The maximum Gasteiger partial charge on any atom is 0.255 e. The monoisotopic (exact) mass is 194 g/mol. The molecule has 0 radical (unpaired) electrons. The first kappa shape index (κ1) is 10.9. The van der Waals surface area contributed by atoms with E-state index in [-0.39, 0.29) is 0 Å². The highest BCUT2D eigenvalue weighted by Crippen LogP contribution is 1.73. The summed E-state index contributed by atoms with van der Waals surface area (Å²) in [6.07, 6.45) is 7.28. The van der Waals surface area contributed by atoms with Crippen molar-refractivity contribution in [3.63, 3.8) is 0 Å². The van der Waals surface area contributed by atoms with E-state index in [4.69, 9.17) is 13.0 Å². The van der Waals surface area contributed by atoms with Crippen molar-refractivity contribution in [1.29, 1.82) is 0 Å². The number of rotatable bonds is 0. The molecule has 0 aromatic carbocycles. The average molecular weight is 194 g/mol. The Hall–Kier alpha value is -1.08. The molecule has 0 aliphatic rings. The zero-order valence-electron chi connectivity index (χ0n) is 6.21. The van der Waals surface area contributed by atoms with Gasteiger partial charge in [-0.2, -0.15) is 0 Å². The molecule has 68 valence electrons. The van der Waals surface area contributed by atoms with Crippen LogP contribution in [0.1, 0.15) is 0 Å². The first-order valence-electron chi connectivity index (χ1n) is 2.80. The highest BCUT2D eigenvalue weighted by molar-refractivity contribution is 7.80. The normalized spacial score (nSPS) is 9.92. The minimum atomic E-state index is -5.42. The van der Waals surface area contributed by atoms with E-state index in [2.05, 4.69) is 4.98 Å². The maximum absolute atomic E-state index is 10.1. The van der Waals surface area contributed by atoms with Crippen molar-refractivity contribution in [2.24, 2.45) is 7.05 Å². The van der Waals surface area contributed by atoms with Gasteiger partial charge >= 0.3 is 0 Å². The van der Waals surface area contributed by atoms with Gasteiger partial charge in [0.15, 0.2) is 12.4 Å². The van der Waals surface area contributed by atoms with E-state index in [0.29, 0.717) is 0 Å². The van der Waals surface area contributed by atoms with Gasteiger partial charge in [0.2, 0.25) is 0 Å². The number of aromatic nitrogens is 2. The van der Waals surface area contributed by atoms with Crippen LogP contribution in [0.15, 0.2) is 24.8 Å². The lowest BCUT2D eigenvalue weighted by molar-refractivity contribution is -0.672. The summed E-state index contributed by atoms with van der Waals surface area (Å²) in [4.78, 5) is 3.82. The zero-order chi connectivity index (χ0) is 9.61. The van der Waals surface area contributed by atoms with Gasteiger partial charge in [-0.1, -0.05) is 0 Å². The Labute approximate surface area is 69.5 Å². The van der Waals surface area contributed by atoms with Crippen molar-refractivity contribution in [2.45, 2.75) is 0 Å². The summed E-state index contributed by atoms with van der Waals surface area (Å²) >= 11 is 0. The molecule has 0 aliphatic heterocycles. The van der Waals surface area contributed by atoms with Gasteiger partial charge in [0.1, 0.15) is 7.05 Å². The fraction of sp³-hybridized carbons (Fsp3) is 0.200. The van der Waals surface area contributed by atoms with Crippen molar-refractivity contribution < 1.29 is 21.4 Å². The van der Waals surface area contributed by atoms with Gasteiger partial charge in [-0.05, 0) is 0 Å². The van der Waals surface area contributed by atoms with Crippen LogP contribution in [0.5, 0.6) is 0 Å². The molecule has 0 fully saturated rings. The van der Waals surface area contributed by atoms with Crippen LogP contribution in [0.4, 0.5) is 3.89 Å². The number of aryl methyl sites for hydroxylation is 1. The van der Waals surface area contributed by atoms with Gasteiger partial charge in [0, 0.05) is 0 Å². The molecule has 0 saturated carbocycles. The second-order valence-corrected chi connectivity index (χ2v) is 2.59. The molecule has 5 nitrogen and oxygen atoms in total. The quantitative estimate of drug-likeness (QED) is 0.311. The number of halogens is 1. The molecule has 1 aromatic rings. The Morgan fingerprint density at radius 2 is 1.75 bits per heavy atom. The first-order valence-corrected chi connectivity index (χ1v) is 4.11. The third kappa shape index (κ3) is 11.7. The molecule has 1 rings (SSSR count). The lowest BCUT2D eigenvalue weighted by atomic mass is 10.7. The van der Waals surface area contributed by atoms with Crippen LogP contribution in [0.3, 0.4) is 0 Å². The third-order valence-corrected chi connectivity index (χ3v) is 0.776. The lowest BCUT2D eigenvalue weighted by Gasteiger charge is -1.84. The summed E-state index contributed by atoms with van der Waals surface area (Å²) in [5.41, 5.74) is 0. The van der Waals surface area contributed by atoms with Crippen LogP contribution >= 0.6 is 0 Å². The van der Waals surface area contributed by atoms with E-state index in [1.807, 2.05) is 24.0 Å². The van der Waals surface area contributed by atoms with Gasteiger partial charge < -0.3 is 4.55 Å². The zero-order valence-corrected chi connectivity index (χ0v) is 7.03. The molecule has 1 heterocycles. The predicted molar refractivity (Wildman–Crippen MR) is 36.2 cm³/mol. The Kier molecular flexibility index (Phi) is 4.30. The average Bonchev–Trinajstić information content (AvgIpc) is 1.85. The second kappa shape index (κ2) is 4.73. The smallest absolute Gasteiger partial charge is 0.255 e. The third-order valence-electron chi connectivity index (χ3n) is 0.776. The topological polar surface area (TPSA) is 74.0 Å². The van der Waals surface area contributed by atoms with Crippen molar-refractivity contribution >= 4 is 10.5 Å². The summed E-state index contributed by atoms with van der Waals surface area (Å²) < 4.78 is 37.3. The van der Waals surface area contributed by atoms with Crippen LogP contribution < -0.4 is 4.57 Å². The van der Waals surface area contributed by atoms with E-state index in [0.717, 1.165) is 0 Å². The van der Waals surface area contributed by atoms with Crippen molar-refractivity contribution in [2.75, 3.05) is 0 Å². The van der Waals surface area contributed by atoms with E-state index in [1.54, 1.807) is 12.4 Å². The summed E-state index contributed by atoms with van der Waals surface area (Å²) in [7, 11) is -3.46. The number of nitrogens with zero attached hydrogens (tertiary/aromatic N) is 2. The molecule has 1 aromatic heterocycles. The van der Waals surface area contributed by atoms with E-state index < -0.39 is 10.5 Å². The highest BCUT2D eigenvalue weighted by atomic mass is 32.3. The largest absolute Gasteiger partial charge is 0.722 e. The minimum absolute atomic E-state index is 1.75. The first-order chi connectivity index (χ1) is 5.39. The Morgan fingerprint density at radius 3 is 1.92 bits per heavy atom. The molecule has 0 N–H and O–H groups in total. The van der Waals surface area contributed by atoms with Crippen LogP contribution in [-0.2, 0) is 17.6 Å². The lowest BCUT2D eigenvalue weighted by Crippen LogP contribution is -2.25. The fourth-order valence-electron chi connectivity index (χ4n) is 0.387. The van der Waals surface area contributed by atoms with Crippen LogP contribution in [0.2, 0.25) is 0 Å². The van der Waals surface area contributed by atoms with Crippen molar-refractivity contribution in [3.8, 4) is 0 Å². The SMILES string of the molecule is C[n+]1ccncc1.O=S(=O)([O-])F. The van der Waals surface area contributed by atoms with Crippen LogP contribution in [0, 0.1) is 0 Å². The van der Waals surface area contributed by atoms with Crippen LogP contribution in [-0.4, -0.2) is 18.0 Å². The molecule has 0 aliphatic carbocycles. The Morgan fingerprint density at radius 1 is 1.42 bits per heavy atom. The Bertz CT molecular complexity index is 305. The molecule has 0 saturated heterocycles. The number of hydrogen-bond acceptors (Lipinski definition) is 4. The predicted octanol–water partition coefficient (Wildman–Crippen LogP) is -0.678. The minimum Gasteiger partial charge on any atom is -0.722 e. The molecule has 0 unspecified atom stereocenters. The number of hydrogen-bond donors (Lipinski definition) is 0. The summed E-state index contributed by atoms with van der Waals surface area (Å²) in [5, 5.41) is 0. The van der Waals surface area contributed by atoms with Gasteiger partial charge in [-0.25, -0.2) is 13.0 Å². The second-order valence-electron chi connectivity index (χ2n) is 1.80. The van der Waals surface area contributed by atoms with Gasteiger partial charge in [0.05, 0.1) is 12.4 Å². The highest BCUT2D eigenvalue weighted by Gasteiger charge is 1.79. The molecular weight excluding hydrogens is 187 g/mol. The van der Waals surface area contributed by atoms with Gasteiger partial charge in [-0.3, -0.25) is 4.98 Å². The molecule has 0 spiro atoms.